The van der Waals surface area contributed by atoms with Crippen molar-refractivity contribution in [3.8, 4) is 5.75 Å². The minimum Gasteiger partial charge on any atom is -0.487 e. The standard InChI is InChI=1S/C26H31N3O6/c30-15-23-25-21(12-19(34-23)13-24(31)28-14-18-3-1-2-8-27-18)20-11-17(4-5-22(20)35-25)29-26(32)16-6-9-33-10-7-16/h1-5,8,11,16,19,21,23,25,30H,6-7,9-10,12-15H2,(H,28,31)(H,29,32)/t19-,21+,23-,25-/m0/s1. The second-order valence-corrected chi connectivity index (χ2v) is 9.33. The third kappa shape index (κ3) is 5.47. The van der Waals surface area contributed by atoms with Crippen molar-refractivity contribution in [2.24, 2.45) is 5.92 Å². The summed E-state index contributed by atoms with van der Waals surface area (Å²) in [5.41, 5.74) is 2.48. The van der Waals surface area contributed by atoms with E-state index in [2.05, 4.69) is 15.6 Å². The van der Waals surface area contributed by atoms with Crippen molar-refractivity contribution in [1.29, 1.82) is 0 Å². The van der Waals surface area contributed by atoms with Crippen molar-refractivity contribution in [1.82, 2.24) is 10.3 Å². The quantitative estimate of drug-likeness (QED) is 0.554. The van der Waals surface area contributed by atoms with Gasteiger partial charge in [-0.1, -0.05) is 6.07 Å². The zero-order chi connectivity index (χ0) is 24.2. The molecule has 0 aliphatic carbocycles. The van der Waals surface area contributed by atoms with Crippen LogP contribution in [-0.2, 0) is 25.6 Å². The number of nitrogens with zero attached hydrogens (tertiary/aromatic N) is 1. The number of hydrogen-bond acceptors (Lipinski definition) is 7. The molecule has 9 nitrogen and oxygen atoms in total. The second-order valence-electron chi connectivity index (χ2n) is 9.33. The molecular formula is C26H31N3O6. The van der Waals surface area contributed by atoms with Gasteiger partial charge in [-0.15, -0.1) is 0 Å². The number of carbonyl (C=O) groups is 2. The lowest BCUT2D eigenvalue weighted by Crippen LogP contribution is -2.47. The summed E-state index contributed by atoms with van der Waals surface area (Å²) in [7, 11) is 0. The van der Waals surface area contributed by atoms with Crippen molar-refractivity contribution in [3.63, 3.8) is 0 Å². The van der Waals surface area contributed by atoms with E-state index in [-0.39, 0.29) is 48.9 Å². The zero-order valence-corrected chi connectivity index (χ0v) is 19.5. The number of amides is 2. The molecule has 0 saturated carbocycles. The Morgan fingerprint density at radius 1 is 1.14 bits per heavy atom. The van der Waals surface area contributed by atoms with Crippen LogP contribution in [0.2, 0.25) is 0 Å². The molecule has 4 atom stereocenters. The second kappa shape index (κ2) is 10.7. The van der Waals surface area contributed by atoms with Gasteiger partial charge < -0.3 is 30.0 Å². The number of ether oxygens (including phenoxy) is 3. The van der Waals surface area contributed by atoms with Crippen LogP contribution in [0.3, 0.4) is 0 Å². The summed E-state index contributed by atoms with van der Waals surface area (Å²) < 4.78 is 17.5. The SMILES string of the molecule is O=C(C[C@@H]1C[C@@H]2c3cc(NC(=O)C4CCOCC4)ccc3O[C@@H]2[C@H](CO)O1)NCc1ccccn1. The first-order valence-corrected chi connectivity index (χ1v) is 12.2. The summed E-state index contributed by atoms with van der Waals surface area (Å²) in [6.07, 6.45) is 2.69. The highest BCUT2D eigenvalue weighted by Gasteiger charge is 2.46. The van der Waals surface area contributed by atoms with Crippen LogP contribution in [0, 0.1) is 5.92 Å². The largest absolute Gasteiger partial charge is 0.487 e. The van der Waals surface area contributed by atoms with Crippen LogP contribution >= 0.6 is 0 Å². The van der Waals surface area contributed by atoms with Gasteiger partial charge in [0, 0.05) is 42.5 Å². The van der Waals surface area contributed by atoms with E-state index in [0.29, 0.717) is 26.2 Å². The predicted molar refractivity (Wildman–Crippen MR) is 127 cm³/mol. The Morgan fingerprint density at radius 3 is 2.77 bits per heavy atom. The maximum Gasteiger partial charge on any atom is 0.227 e. The Morgan fingerprint density at radius 2 is 2.00 bits per heavy atom. The van der Waals surface area contributed by atoms with Gasteiger partial charge in [-0.3, -0.25) is 14.6 Å². The highest BCUT2D eigenvalue weighted by atomic mass is 16.6. The molecule has 186 valence electrons. The number of nitrogens with one attached hydrogen (secondary N) is 2. The number of aliphatic hydroxyl groups is 1. The first-order valence-electron chi connectivity index (χ1n) is 12.2. The van der Waals surface area contributed by atoms with Crippen LogP contribution < -0.4 is 15.4 Å². The van der Waals surface area contributed by atoms with E-state index in [1.165, 1.54) is 0 Å². The average molecular weight is 482 g/mol. The van der Waals surface area contributed by atoms with Crippen molar-refractivity contribution < 1.29 is 28.9 Å². The van der Waals surface area contributed by atoms with E-state index in [9.17, 15) is 14.7 Å². The van der Waals surface area contributed by atoms with Gasteiger partial charge >= 0.3 is 0 Å². The minimum atomic E-state index is -0.532. The molecule has 5 rings (SSSR count). The Labute approximate surface area is 204 Å². The number of hydrogen-bond donors (Lipinski definition) is 3. The van der Waals surface area contributed by atoms with Gasteiger partial charge in [0.15, 0.2) is 0 Å². The van der Waals surface area contributed by atoms with E-state index in [0.717, 1.165) is 35.5 Å². The monoisotopic (exact) mass is 481 g/mol. The number of pyridine rings is 1. The number of aromatic nitrogens is 1. The van der Waals surface area contributed by atoms with Crippen LogP contribution in [0.5, 0.6) is 5.75 Å². The molecule has 35 heavy (non-hydrogen) atoms. The average Bonchev–Trinajstić information content (AvgIpc) is 3.26. The van der Waals surface area contributed by atoms with E-state index < -0.39 is 6.10 Å². The van der Waals surface area contributed by atoms with Crippen LogP contribution in [0.25, 0.3) is 0 Å². The molecule has 3 aliphatic heterocycles. The first kappa shape index (κ1) is 23.7. The van der Waals surface area contributed by atoms with Crippen molar-refractivity contribution >= 4 is 17.5 Å². The van der Waals surface area contributed by atoms with E-state index in [1.54, 1.807) is 6.20 Å². The lowest BCUT2D eigenvalue weighted by atomic mass is 9.84. The molecule has 0 bridgehead atoms. The molecule has 0 radical (unpaired) electrons. The van der Waals surface area contributed by atoms with Crippen LogP contribution in [0.1, 0.15) is 42.9 Å². The summed E-state index contributed by atoms with van der Waals surface area (Å²) in [5.74, 6) is 0.520. The maximum absolute atomic E-state index is 12.7. The molecule has 1 aromatic carbocycles. The molecule has 2 fully saturated rings. The number of rotatable bonds is 7. The van der Waals surface area contributed by atoms with Crippen LogP contribution in [0.15, 0.2) is 42.6 Å². The van der Waals surface area contributed by atoms with Gasteiger partial charge in [0.25, 0.3) is 0 Å². The highest BCUT2D eigenvalue weighted by molar-refractivity contribution is 5.92. The van der Waals surface area contributed by atoms with Crippen LogP contribution in [-0.4, -0.2) is 60.0 Å². The van der Waals surface area contributed by atoms with Gasteiger partial charge in [0.1, 0.15) is 18.0 Å². The fraction of sp³-hybridized carbons (Fsp3) is 0.500. The topological polar surface area (TPSA) is 119 Å². The molecule has 3 N–H and O–H groups in total. The summed E-state index contributed by atoms with van der Waals surface area (Å²) in [5, 5.41) is 15.9. The minimum absolute atomic E-state index is 0.00591. The molecule has 3 aliphatic rings. The third-order valence-electron chi connectivity index (χ3n) is 6.96. The molecular weight excluding hydrogens is 450 g/mol. The van der Waals surface area contributed by atoms with Crippen LogP contribution in [0.4, 0.5) is 5.69 Å². The van der Waals surface area contributed by atoms with Gasteiger partial charge in [-0.05, 0) is 49.6 Å². The van der Waals surface area contributed by atoms with Crippen molar-refractivity contribution in [3.05, 3.63) is 53.9 Å². The number of anilines is 1. The van der Waals surface area contributed by atoms with E-state index >= 15 is 0 Å². The van der Waals surface area contributed by atoms with Crippen molar-refractivity contribution in [2.75, 3.05) is 25.1 Å². The number of benzene rings is 1. The summed E-state index contributed by atoms with van der Waals surface area (Å²) >= 11 is 0. The molecule has 0 spiro atoms. The molecule has 4 heterocycles. The molecule has 9 heteroatoms. The summed E-state index contributed by atoms with van der Waals surface area (Å²) in [6, 6.07) is 11.2. The maximum atomic E-state index is 12.7. The smallest absolute Gasteiger partial charge is 0.227 e. The first-order chi connectivity index (χ1) is 17.1. The molecule has 2 amide bonds. The van der Waals surface area contributed by atoms with Gasteiger partial charge in [-0.2, -0.15) is 0 Å². The fourth-order valence-electron chi connectivity index (χ4n) is 5.14. The van der Waals surface area contributed by atoms with Gasteiger partial charge in [0.05, 0.1) is 31.4 Å². The number of aliphatic hydroxyl groups excluding tert-OH is 1. The zero-order valence-electron chi connectivity index (χ0n) is 19.5. The molecule has 2 saturated heterocycles. The normalized spacial score (nSPS) is 25.7. The Balaban J connectivity index is 1.24. The Kier molecular flexibility index (Phi) is 7.26. The lowest BCUT2D eigenvalue weighted by molar-refractivity contribution is -0.142. The molecule has 0 unspecified atom stereocenters. The summed E-state index contributed by atoms with van der Waals surface area (Å²) in [4.78, 5) is 29.5. The predicted octanol–water partition coefficient (Wildman–Crippen LogP) is 2.15. The number of carbonyl (C=O) groups excluding carboxylic acids is 2. The summed E-state index contributed by atoms with van der Waals surface area (Å²) in [6.45, 7) is 1.37. The molecule has 2 aromatic rings. The van der Waals surface area contributed by atoms with Gasteiger partial charge in [-0.25, -0.2) is 0 Å². The van der Waals surface area contributed by atoms with E-state index in [1.807, 2.05) is 36.4 Å². The third-order valence-corrected chi connectivity index (χ3v) is 6.96. The Hall–Kier alpha value is -3.01. The van der Waals surface area contributed by atoms with Crippen molar-refractivity contribution in [2.45, 2.75) is 56.5 Å². The fourth-order valence-corrected chi connectivity index (χ4v) is 5.14. The number of fused-ring (bicyclic) bond motifs is 3. The Bertz CT molecular complexity index is 1040. The van der Waals surface area contributed by atoms with Gasteiger partial charge in [0.2, 0.25) is 11.8 Å². The van der Waals surface area contributed by atoms with E-state index in [4.69, 9.17) is 14.2 Å². The molecule has 1 aromatic heterocycles. The lowest BCUT2D eigenvalue weighted by Gasteiger charge is -2.37. The highest BCUT2D eigenvalue weighted by Crippen LogP contribution is 2.47.